The molecule has 0 amide bonds. The quantitative estimate of drug-likeness (QED) is 0.172. The first-order valence-corrected chi connectivity index (χ1v) is 15.1. The van der Waals surface area contributed by atoms with Crippen LogP contribution in [0.4, 0.5) is 0 Å². The highest BCUT2D eigenvalue weighted by Crippen LogP contribution is 2.34. The lowest BCUT2D eigenvalue weighted by molar-refractivity contribution is -0.138. The molecule has 6 heteroatoms. The van der Waals surface area contributed by atoms with E-state index >= 15 is 0 Å². The Morgan fingerprint density at radius 2 is 1.51 bits per heavy atom. The van der Waals surface area contributed by atoms with E-state index in [1.165, 1.54) is 27.8 Å². The number of ether oxygens (including phenoxy) is 2. The molecule has 3 N–H and O–H groups in total. The second-order valence-corrected chi connectivity index (χ2v) is 11.6. The van der Waals surface area contributed by atoms with Crippen molar-refractivity contribution in [3.05, 3.63) is 129 Å². The summed E-state index contributed by atoms with van der Waals surface area (Å²) in [6, 6.07) is 28.2. The lowest BCUT2D eigenvalue weighted by Gasteiger charge is -2.27. The van der Waals surface area contributed by atoms with Gasteiger partial charge in [-0.2, -0.15) is 0 Å². The van der Waals surface area contributed by atoms with Crippen LogP contribution in [0, 0.1) is 13.8 Å². The second kappa shape index (κ2) is 14.4. The molecule has 6 nitrogen and oxygen atoms in total. The van der Waals surface area contributed by atoms with Crippen molar-refractivity contribution in [2.75, 3.05) is 6.54 Å². The second-order valence-electron chi connectivity index (χ2n) is 11.6. The molecule has 0 saturated heterocycles. The number of fused-ring (bicyclic) bond motifs is 1. The number of hydrogen-bond donors (Lipinski definition) is 2. The summed E-state index contributed by atoms with van der Waals surface area (Å²) in [5, 5.41) is 9.50. The smallest absolute Gasteiger partial charge is 0.320 e. The Morgan fingerprint density at radius 1 is 0.837 bits per heavy atom. The monoisotopic (exact) mass is 578 g/mol. The van der Waals surface area contributed by atoms with Crippen molar-refractivity contribution < 1.29 is 19.4 Å². The molecule has 0 unspecified atom stereocenters. The van der Waals surface area contributed by atoms with Crippen LogP contribution in [0.15, 0.2) is 84.9 Å². The van der Waals surface area contributed by atoms with Crippen LogP contribution in [0.5, 0.6) is 11.5 Å². The molecule has 4 aromatic carbocycles. The lowest BCUT2D eigenvalue weighted by Crippen LogP contribution is -2.35. The van der Waals surface area contributed by atoms with Crippen molar-refractivity contribution in [3.8, 4) is 11.5 Å². The van der Waals surface area contributed by atoms with Crippen LogP contribution in [0.2, 0.25) is 0 Å². The molecule has 0 aliphatic heterocycles. The zero-order chi connectivity index (χ0) is 30.2. The number of nitrogens with two attached hydrogens (primary N) is 1. The summed E-state index contributed by atoms with van der Waals surface area (Å²) in [7, 11) is 0. The van der Waals surface area contributed by atoms with Crippen molar-refractivity contribution in [3.63, 3.8) is 0 Å². The molecule has 5 rings (SSSR count). The predicted octanol–water partition coefficient (Wildman–Crippen LogP) is 6.75. The summed E-state index contributed by atoms with van der Waals surface area (Å²) >= 11 is 0. The predicted molar refractivity (Wildman–Crippen MR) is 170 cm³/mol. The highest BCUT2D eigenvalue weighted by atomic mass is 16.5. The van der Waals surface area contributed by atoms with Crippen LogP contribution in [-0.4, -0.2) is 28.6 Å². The zero-order valence-corrected chi connectivity index (χ0v) is 25.2. The van der Waals surface area contributed by atoms with Crippen LogP contribution in [0.25, 0.3) is 0 Å². The van der Waals surface area contributed by atoms with Gasteiger partial charge in [-0.1, -0.05) is 83.9 Å². The molecule has 0 radical (unpaired) electrons. The molecule has 0 fully saturated rings. The zero-order valence-electron chi connectivity index (χ0n) is 25.2. The SMILES string of the molecule is Cc1cccc(COc2ccccc2CN(CC[C@H](N)C(=O)O)Cc2c(OCc3cccc(C)c3)ccc3c2CCC3)c1. The van der Waals surface area contributed by atoms with Crippen LogP contribution in [-0.2, 0) is 43.9 Å². The number of carboxylic acids is 1. The summed E-state index contributed by atoms with van der Waals surface area (Å²) in [6.07, 6.45) is 3.56. The van der Waals surface area contributed by atoms with Gasteiger partial charge in [-0.15, -0.1) is 0 Å². The summed E-state index contributed by atoms with van der Waals surface area (Å²) in [4.78, 5) is 13.9. The topological polar surface area (TPSA) is 85.0 Å². The highest BCUT2D eigenvalue weighted by Gasteiger charge is 2.23. The molecule has 0 saturated carbocycles. The third-order valence-corrected chi connectivity index (χ3v) is 8.13. The van der Waals surface area contributed by atoms with E-state index in [2.05, 4.69) is 79.4 Å². The summed E-state index contributed by atoms with van der Waals surface area (Å²) in [5.41, 5.74) is 15.6. The molecule has 0 spiro atoms. The molecule has 4 aromatic rings. The number of hydrogen-bond acceptors (Lipinski definition) is 5. The normalized spacial score (nSPS) is 13.1. The minimum Gasteiger partial charge on any atom is -0.489 e. The van der Waals surface area contributed by atoms with Crippen molar-refractivity contribution in [1.29, 1.82) is 0 Å². The average Bonchev–Trinajstić information content (AvgIpc) is 3.48. The minimum atomic E-state index is -0.982. The van der Waals surface area contributed by atoms with Crippen LogP contribution < -0.4 is 15.2 Å². The van der Waals surface area contributed by atoms with E-state index in [4.69, 9.17) is 15.2 Å². The van der Waals surface area contributed by atoms with Crippen LogP contribution in [0.1, 0.15) is 57.3 Å². The van der Waals surface area contributed by atoms with Crippen LogP contribution in [0.3, 0.4) is 0 Å². The molecular formula is C37H42N2O4. The number of benzene rings is 4. The van der Waals surface area contributed by atoms with E-state index in [1.807, 2.05) is 24.3 Å². The molecule has 1 aliphatic rings. The average molecular weight is 579 g/mol. The van der Waals surface area contributed by atoms with Gasteiger partial charge in [0.05, 0.1) is 0 Å². The van der Waals surface area contributed by atoms with Gasteiger partial charge in [0.1, 0.15) is 30.8 Å². The molecule has 43 heavy (non-hydrogen) atoms. The van der Waals surface area contributed by atoms with Crippen molar-refractivity contribution in [1.82, 2.24) is 4.90 Å². The van der Waals surface area contributed by atoms with Gasteiger partial charge >= 0.3 is 5.97 Å². The molecular weight excluding hydrogens is 536 g/mol. The van der Waals surface area contributed by atoms with E-state index in [0.29, 0.717) is 39.3 Å². The Morgan fingerprint density at radius 3 is 2.19 bits per heavy atom. The number of carboxylic acid groups (broad SMARTS) is 1. The standard InChI is InChI=1S/C37H42N2O4/c1-26-8-5-10-28(20-26)24-42-35-15-4-3-12-31(35)22-39(19-18-34(38)37(40)41)23-33-32-14-7-13-30(32)16-17-36(33)43-25-29-11-6-9-27(2)21-29/h3-6,8-12,15-17,20-21,34H,7,13-14,18-19,22-25,38H2,1-2H3,(H,40,41)/t34-/m0/s1. The molecule has 224 valence electrons. The van der Waals surface area contributed by atoms with Gasteiger partial charge in [-0.3, -0.25) is 9.69 Å². The summed E-state index contributed by atoms with van der Waals surface area (Å²) in [5.74, 6) is 0.731. The van der Waals surface area contributed by atoms with E-state index in [0.717, 1.165) is 47.5 Å². The molecule has 0 aromatic heterocycles. The molecule has 1 atom stereocenters. The van der Waals surface area contributed by atoms with E-state index in [-0.39, 0.29) is 0 Å². The lowest BCUT2D eigenvalue weighted by atomic mass is 10.0. The van der Waals surface area contributed by atoms with Crippen molar-refractivity contribution in [2.24, 2.45) is 5.73 Å². The maximum atomic E-state index is 11.6. The number of carbonyl (C=O) groups is 1. The molecule has 0 heterocycles. The number of aliphatic carboxylic acids is 1. The number of aryl methyl sites for hydroxylation is 3. The van der Waals surface area contributed by atoms with Crippen molar-refractivity contribution >= 4 is 5.97 Å². The Kier molecular flexibility index (Phi) is 10.1. The maximum absolute atomic E-state index is 11.6. The largest absolute Gasteiger partial charge is 0.489 e. The fraction of sp³-hybridized carbons (Fsp3) is 0.324. The maximum Gasteiger partial charge on any atom is 0.320 e. The highest BCUT2D eigenvalue weighted by molar-refractivity contribution is 5.73. The third kappa shape index (κ3) is 8.25. The first kappa shape index (κ1) is 30.3. The van der Waals surface area contributed by atoms with Crippen LogP contribution >= 0.6 is 0 Å². The van der Waals surface area contributed by atoms with E-state index in [1.54, 1.807) is 0 Å². The first-order valence-electron chi connectivity index (χ1n) is 15.1. The Balaban J connectivity index is 1.40. The molecule has 1 aliphatic carbocycles. The fourth-order valence-corrected chi connectivity index (χ4v) is 5.85. The Bertz CT molecular complexity index is 1550. The van der Waals surface area contributed by atoms with Crippen molar-refractivity contribution in [2.45, 2.75) is 71.9 Å². The minimum absolute atomic E-state index is 0.343. The fourth-order valence-electron chi connectivity index (χ4n) is 5.85. The molecule has 0 bridgehead atoms. The van der Waals surface area contributed by atoms with Gasteiger partial charge in [0.25, 0.3) is 0 Å². The Labute approximate surface area is 255 Å². The van der Waals surface area contributed by atoms with E-state index < -0.39 is 12.0 Å². The summed E-state index contributed by atoms with van der Waals surface area (Å²) in [6.45, 7) is 6.89. The summed E-state index contributed by atoms with van der Waals surface area (Å²) < 4.78 is 12.8. The van der Waals surface area contributed by atoms with Gasteiger partial charge in [-0.05, 0) is 73.9 Å². The number of para-hydroxylation sites is 1. The van der Waals surface area contributed by atoms with Gasteiger partial charge in [-0.25, -0.2) is 0 Å². The Hall–Kier alpha value is -4.13. The third-order valence-electron chi connectivity index (χ3n) is 8.13. The van der Waals surface area contributed by atoms with Gasteiger partial charge in [0.15, 0.2) is 0 Å². The number of nitrogens with zero attached hydrogens (tertiary/aromatic N) is 1. The van der Waals surface area contributed by atoms with E-state index in [9.17, 15) is 9.90 Å². The number of rotatable bonds is 14. The van der Waals surface area contributed by atoms with Gasteiger partial charge < -0.3 is 20.3 Å². The first-order chi connectivity index (χ1) is 20.9. The van der Waals surface area contributed by atoms with Gasteiger partial charge in [0, 0.05) is 30.8 Å². The van der Waals surface area contributed by atoms with Gasteiger partial charge in [0.2, 0.25) is 0 Å².